The van der Waals surface area contributed by atoms with E-state index in [1.165, 1.54) is 4.90 Å². The number of rotatable bonds is 1. The molecule has 1 aliphatic heterocycles. The predicted molar refractivity (Wildman–Crippen MR) is 55.7 cm³/mol. The van der Waals surface area contributed by atoms with Crippen LogP contribution in [0.4, 0.5) is 18.0 Å². The molecule has 0 saturated carbocycles. The Morgan fingerprint density at radius 1 is 1.35 bits per heavy atom. The van der Waals surface area contributed by atoms with Crippen molar-refractivity contribution in [2.24, 2.45) is 0 Å². The predicted octanol–water partition coefficient (Wildman–Crippen LogP) is 1.71. The summed E-state index contributed by atoms with van der Waals surface area (Å²) in [4.78, 5) is 14.8. The topological polar surface area (TPSA) is 32.8 Å². The van der Waals surface area contributed by atoms with E-state index in [9.17, 15) is 18.0 Å². The summed E-state index contributed by atoms with van der Waals surface area (Å²) in [6, 6.07) is 0. The van der Waals surface area contributed by atoms with Gasteiger partial charge in [-0.15, -0.1) is 0 Å². The average molecular weight is 254 g/mol. The van der Waals surface area contributed by atoms with E-state index in [0.29, 0.717) is 19.6 Å². The lowest BCUT2D eigenvalue weighted by Crippen LogP contribution is -2.59. The van der Waals surface area contributed by atoms with Crippen molar-refractivity contribution in [3.05, 3.63) is 0 Å². The summed E-state index contributed by atoms with van der Waals surface area (Å²) in [5.41, 5.74) is -0.254. The van der Waals surface area contributed by atoms with Gasteiger partial charge in [0.05, 0.1) is 0 Å². The molecule has 0 aromatic carbocycles. The average Bonchev–Trinajstić information content (AvgIpc) is 2.17. The summed E-state index contributed by atoms with van der Waals surface area (Å²) in [5, 5.41) is 0. The maximum atomic E-state index is 11.9. The van der Waals surface area contributed by atoms with E-state index in [2.05, 4.69) is 9.64 Å². The van der Waals surface area contributed by atoms with Crippen LogP contribution in [0.25, 0.3) is 0 Å². The fourth-order valence-electron chi connectivity index (χ4n) is 1.63. The van der Waals surface area contributed by atoms with Crippen LogP contribution in [0.5, 0.6) is 0 Å². The van der Waals surface area contributed by atoms with E-state index in [1.807, 2.05) is 20.9 Å². The van der Waals surface area contributed by atoms with Crippen LogP contribution in [0.15, 0.2) is 0 Å². The van der Waals surface area contributed by atoms with E-state index >= 15 is 0 Å². The lowest BCUT2D eigenvalue weighted by atomic mass is 10.0. The van der Waals surface area contributed by atoms with Crippen molar-refractivity contribution in [3.63, 3.8) is 0 Å². The molecule has 0 aliphatic carbocycles. The molecule has 0 N–H and O–H groups in total. The lowest BCUT2D eigenvalue weighted by molar-refractivity contribution is -0.163. The minimum absolute atomic E-state index is 0.254. The highest BCUT2D eigenvalue weighted by atomic mass is 19.4. The largest absolute Gasteiger partial charge is 0.440 e. The second-order valence-corrected chi connectivity index (χ2v) is 4.83. The fourth-order valence-corrected chi connectivity index (χ4v) is 1.63. The van der Waals surface area contributed by atoms with Gasteiger partial charge in [-0.25, -0.2) is 4.79 Å². The standard InChI is InChI=1S/C10H17F3N2O2/c1-9(2)6-15(5-4-14(9)3)8(16)17-7-10(11,12)13/h4-7H2,1-3H3. The van der Waals surface area contributed by atoms with Crippen LogP contribution < -0.4 is 0 Å². The highest BCUT2D eigenvalue weighted by Crippen LogP contribution is 2.20. The van der Waals surface area contributed by atoms with Crippen LogP contribution in [0.3, 0.4) is 0 Å². The number of halogens is 3. The molecule has 1 rings (SSSR count). The highest BCUT2D eigenvalue weighted by molar-refractivity contribution is 5.68. The van der Waals surface area contributed by atoms with Crippen molar-refractivity contribution >= 4 is 6.09 Å². The monoisotopic (exact) mass is 254 g/mol. The Bertz CT molecular complexity index is 292. The summed E-state index contributed by atoms with van der Waals surface area (Å²) in [5.74, 6) is 0. The molecular weight excluding hydrogens is 237 g/mol. The Hall–Kier alpha value is -0.980. The zero-order valence-corrected chi connectivity index (χ0v) is 10.2. The van der Waals surface area contributed by atoms with Gasteiger partial charge in [0, 0.05) is 25.2 Å². The molecule has 0 atom stereocenters. The SMILES string of the molecule is CN1CCN(C(=O)OCC(F)(F)F)CC1(C)C. The van der Waals surface area contributed by atoms with E-state index in [0.717, 1.165) is 0 Å². The van der Waals surface area contributed by atoms with Crippen LogP contribution in [0, 0.1) is 0 Å². The van der Waals surface area contributed by atoms with Crippen LogP contribution in [-0.2, 0) is 4.74 Å². The number of ether oxygens (including phenoxy) is 1. The van der Waals surface area contributed by atoms with Gasteiger partial charge in [-0.2, -0.15) is 13.2 Å². The first-order valence-corrected chi connectivity index (χ1v) is 5.31. The van der Waals surface area contributed by atoms with Crippen LogP contribution in [0.2, 0.25) is 0 Å². The van der Waals surface area contributed by atoms with E-state index in [1.54, 1.807) is 0 Å². The molecule has 17 heavy (non-hydrogen) atoms. The number of hydrogen-bond acceptors (Lipinski definition) is 3. The second-order valence-electron chi connectivity index (χ2n) is 4.83. The first kappa shape index (κ1) is 14.1. The smallest absolute Gasteiger partial charge is 0.422 e. The van der Waals surface area contributed by atoms with Crippen molar-refractivity contribution in [2.45, 2.75) is 25.6 Å². The number of carbonyl (C=O) groups is 1. The molecule has 100 valence electrons. The summed E-state index contributed by atoms with van der Waals surface area (Å²) in [7, 11) is 1.92. The van der Waals surface area contributed by atoms with Gasteiger partial charge in [0.2, 0.25) is 0 Å². The van der Waals surface area contributed by atoms with Gasteiger partial charge in [-0.05, 0) is 20.9 Å². The van der Waals surface area contributed by atoms with Crippen LogP contribution >= 0.6 is 0 Å². The van der Waals surface area contributed by atoms with Crippen molar-refractivity contribution in [3.8, 4) is 0 Å². The molecule has 1 heterocycles. The molecule has 4 nitrogen and oxygen atoms in total. The Labute approximate surface area is 98.3 Å². The van der Waals surface area contributed by atoms with E-state index in [-0.39, 0.29) is 5.54 Å². The Morgan fingerprint density at radius 2 is 1.94 bits per heavy atom. The Morgan fingerprint density at radius 3 is 2.41 bits per heavy atom. The van der Waals surface area contributed by atoms with Crippen molar-refractivity contribution in [1.29, 1.82) is 0 Å². The minimum atomic E-state index is -4.47. The molecule has 0 radical (unpaired) electrons. The molecule has 1 saturated heterocycles. The van der Waals surface area contributed by atoms with Gasteiger partial charge in [0.1, 0.15) is 0 Å². The number of nitrogens with zero attached hydrogens (tertiary/aromatic N) is 2. The minimum Gasteiger partial charge on any atom is -0.440 e. The van der Waals surface area contributed by atoms with Gasteiger partial charge >= 0.3 is 12.3 Å². The summed E-state index contributed by atoms with van der Waals surface area (Å²) >= 11 is 0. The third-order valence-corrected chi connectivity index (χ3v) is 2.93. The van der Waals surface area contributed by atoms with Crippen molar-refractivity contribution < 1.29 is 22.7 Å². The number of likely N-dealkylation sites (N-methyl/N-ethyl adjacent to an activating group) is 1. The first-order chi connectivity index (χ1) is 7.62. The number of hydrogen-bond donors (Lipinski definition) is 0. The molecule has 1 amide bonds. The zero-order chi connectivity index (χ0) is 13.3. The molecule has 0 bridgehead atoms. The molecule has 0 spiro atoms. The van der Waals surface area contributed by atoms with Gasteiger partial charge < -0.3 is 9.64 Å². The lowest BCUT2D eigenvalue weighted by Gasteiger charge is -2.44. The first-order valence-electron chi connectivity index (χ1n) is 5.31. The molecule has 0 aromatic heterocycles. The highest BCUT2D eigenvalue weighted by Gasteiger charge is 2.36. The van der Waals surface area contributed by atoms with Crippen molar-refractivity contribution in [1.82, 2.24) is 9.80 Å². The third-order valence-electron chi connectivity index (χ3n) is 2.93. The van der Waals surface area contributed by atoms with Crippen LogP contribution in [0.1, 0.15) is 13.8 Å². The van der Waals surface area contributed by atoms with Crippen LogP contribution in [-0.4, -0.2) is 60.9 Å². The number of amides is 1. The second kappa shape index (κ2) is 4.72. The summed E-state index contributed by atoms with van der Waals surface area (Å²) in [6.07, 6.45) is -5.37. The number of piperazine rings is 1. The molecular formula is C10H17F3N2O2. The quantitative estimate of drug-likeness (QED) is 0.714. The normalized spacial score (nSPS) is 21.4. The summed E-state index contributed by atoms with van der Waals surface area (Å²) < 4.78 is 39.9. The Kier molecular flexibility index (Phi) is 3.91. The molecule has 0 aromatic rings. The van der Waals surface area contributed by atoms with Gasteiger partial charge in [-0.1, -0.05) is 0 Å². The number of alkyl halides is 3. The molecule has 0 unspecified atom stereocenters. The maximum absolute atomic E-state index is 11.9. The summed E-state index contributed by atoms with van der Waals surface area (Å²) in [6.45, 7) is 3.69. The van der Waals surface area contributed by atoms with Gasteiger partial charge in [0.15, 0.2) is 6.61 Å². The zero-order valence-electron chi connectivity index (χ0n) is 10.2. The maximum Gasteiger partial charge on any atom is 0.422 e. The molecule has 1 fully saturated rings. The van der Waals surface area contributed by atoms with E-state index < -0.39 is 18.9 Å². The van der Waals surface area contributed by atoms with Gasteiger partial charge in [0.25, 0.3) is 0 Å². The van der Waals surface area contributed by atoms with Gasteiger partial charge in [-0.3, -0.25) is 4.90 Å². The van der Waals surface area contributed by atoms with Crippen molar-refractivity contribution in [2.75, 3.05) is 33.3 Å². The third kappa shape index (κ3) is 4.07. The molecule has 1 aliphatic rings. The number of carbonyl (C=O) groups excluding carboxylic acids is 1. The fraction of sp³-hybridized carbons (Fsp3) is 0.900. The molecule has 7 heteroatoms. The Balaban J connectivity index is 2.49. The van der Waals surface area contributed by atoms with E-state index in [4.69, 9.17) is 0 Å².